The zero-order valence-corrected chi connectivity index (χ0v) is 25.0. The largest absolute Gasteiger partial charge is 0.386 e. The zero-order chi connectivity index (χ0) is 26.6. The average molecular weight is 500 g/mol. The lowest BCUT2D eigenvalue weighted by Gasteiger charge is -2.33. The van der Waals surface area contributed by atoms with Crippen LogP contribution in [0.15, 0.2) is 12.2 Å². The first-order chi connectivity index (χ1) is 16.4. The highest BCUT2D eigenvalue weighted by molar-refractivity contribution is 4.81. The third-order valence-electron chi connectivity index (χ3n) is 6.44. The van der Waals surface area contributed by atoms with Gasteiger partial charge in [0.1, 0.15) is 25.3 Å². The fraction of sp³-hybridized carbons (Fsp3) is 0.933. The summed E-state index contributed by atoms with van der Waals surface area (Å²) in [6, 6.07) is 0. The maximum Gasteiger partial charge on any atom is 0.115 e. The van der Waals surface area contributed by atoms with Gasteiger partial charge < -0.3 is 19.2 Å². The summed E-state index contributed by atoms with van der Waals surface area (Å²) in [5.74, 6) is 0. The minimum absolute atomic E-state index is 0.361. The number of quaternary nitrogens is 2. The second-order valence-corrected chi connectivity index (χ2v) is 13.0. The molecule has 0 unspecified atom stereocenters. The topological polar surface area (TPSA) is 43.7 Å². The van der Waals surface area contributed by atoms with Crippen molar-refractivity contribution in [3.8, 4) is 0 Å². The molecule has 0 fully saturated rings. The molecule has 0 saturated heterocycles. The van der Waals surface area contributed by atoms with Crippen LogP contribution in [-0.2, 0) is 0 Å². The number of hydrogen-bond acceptors (Lipinski definition) is 3. The van der Waals surface area contributed by atoms with Crippen LogP contribution in [0.3, 0.4) is 0 Å². The van der Waals surface area contributed by atoms with Gasteiger partial charge in [-0.05, 0) is 38.6 Å². The van der Waals surface area contributed by atoms with Crippen molar-refractivity contribution in [2.24, 2.45) is 0 Å². The third-order valence-corrected chi connectivity index (χ3v) is 6.44. The molecule has 0 aromatic heterocycles. The first kappa shape index (κ1) is 34.5. The molecule has 0 radical (unpaired) electrons. The van der Waals surface area contributed by atoms with E-state index in [1.165, 1.54) is 83.5 Å². The van der Waals surface area contributed by atoms with Gasteiger partial charge in [0.2, 0.25) is 0 Å². The summed E-state index contributed by atoms with van der Waals surface area (Å²) in [5.41, 5.74) is 0. The van der Waals surface area contributed by atoms with E-state index in [0.717, 1.165) is 35.0 Å². The van der Waals surface area contributed by atoms with Crippen LogP contribution < -0.4 is 0 Å². The Morgan fingerprint density at radius 1 is 0.571 bits per heavy atom. The fourth-order valence-corrected chi connectivity index (χ4v) is 4.82. The smallest absolute Gasteiger partial charge is 0.115 e. The van der Waals surface area contributed by atoms with Gasteiger partial charge in [0.05, 0.1) is 42.3 Å². The van der Waals surface area contributed by atoms with E-state index in [-0.39, 0.29) is 12.2 Å². The molecule has 0 aromatic rings. The molecule has 2 atom stereocenters. The van der Waals surface area contributed by atoms with E-state index in [9.17, 15) is 10.2 Å². The van der Waals surface area contributed by atoms with Crippen LogP contribution in [-0.4, -0.2) is 111 Å². The number of nitrogens with zero attached hydrogens (tertiary/aromatic N) is 3. The van der Waals surface area contributed by atoms with E-state index in [1.807, 2.05) is 0 Å². The summed E-state index contributed by atoms with van der Waals surface area (Å²) in [6.07, 6.45) is 22.5. The van der Waals surface area contributed by atoms with Gasteiger partial charge in [-0.1, -0.05) is 76.9 Å². The predicted octanol–water partition coefficient (Wildman–Crippen LogP) is 5.46. The van der Waals surface area contributed by atoms with Crippen LogP contribution in [0.25, 0.3) is 0 Å². The molecule has 0 amide bonds. The lowest BCUT2D eigenvalue weighted by atomic mass is 10.1. The molecule has 35 heavy (non-hydrogen) atoms. The van der Waals surface area contributed by atoms with Gasteiger partial charge in [-0.3, -0.25) is 4.90 Å². The van der Waals surface area contributed by atoms with E-state index in [2.05, 4.69) is 66.3 Å². The highest BCUT2D eigenvalue weighted by atomic mass is 16.3. The van der Waals surface area contributed by atoms with Crippen molar-refractivity contribution >= 4 is 0 Å². The van der Waals surface area contributed by atoms with Gasteiger partial charge in [0.15, 0.2) is 0 Å². The summed E-state index contributed by atoms with van der Waals surface area (Å²) in [4.78, 5) is 2.29. The molecule has 0 aromatic carbocycles. The molecule has 0 aliphatic carbocycles. The van der Waals surface area contributed by atoms with Gasteiger partial charge in [-0.15, -0.1) is 0 Å². The number of aliphatic hydroxyl groups is 2. The van der Waals surface area contributed by atoms with Gasteiger partial charge in [0.25, 0.3) is 0 Å². The second kappa shape index (κ2) is 20.6. The maximum atomic E-state index is 10.6. The summed E-state index contributed by atoms with van der Waals surface area (Å²) in [7, 11) is 12.7. The second-order valence-electron chi connectivity index (χ2n) is 13.0. The average Bonchev–Trinajstić information content (AvgIpc) is 2.70. The van der Waals surface area contributed by atoms with Crippen LogP contribution in [0.1, 0.15) is 96.8 Å². The molecule has 2 N–H and O–H groups in total. The number of allylic oxidation sites excluding steroid dienone is 2. The molecule has 0 spiro atoms. The number of likely N-dealkylation sites (N-methyl/N-ethyl adjacent to an activating group) is 2. The lowest BCUT2D eigenvalue weighted by molar-refractivity contribution is -0.873. The van der Waals surface area contributed by atoms with Crippen molar-refractivity contribution < 1.29 is 19.2 Å². The molecule has 0 aliphatic rings. The van der Waals surface area contributed by atoms with Crippen molar-refractivity contribution in [1.29, 1.82) is 0 Å². The summed E-state index contributed by atoms with van der Waals surface area (Å²) in [5, 5.41) is 21.2. The molecule has 0 aliphatic heterocycles. The molecular formula is C30H65N3O2+2. The van der Waals surface area contributed by atoms with Crippen LogP contribution in [0.5, 0.6) is 0 Å². The Hall–Kier alpha value is -0.460. The molecule has 0 saturated carbocycles. The summed E-state index contributed by atoms with van der Waals surface area (Å²) < 4.78 is 1.51. The SMILES string of the molecule is CCCCCCCC/C=C/CCCCCCCCN(C[C@H](O)C[N+](C)(C)C)C[C@H](O)C[N+](C)(C)C. The van der Waals surface area contributed by atoms with E-state index < -0.39 is 0 Å². The highest BCUT2D eigenvalue weighted by Gasteiger charge is 2.22. The highest BCUT2D eigenvalue weighted by Crippen LogP contribution is 2.11. The molecular weight excluding hydrogens is 434 g/mol. The van der Waals surface area contributed by atoms with Crippen LogP contribution in [0.2, 0.25) is 0 Å². The third kappa shape index (κ3) is 26.4. The Morgan fingerprint density at radius 3 is 1.34 bits per heavy atom. The minimum Gasteiger partial charge on any atom is -0.386 e. The lowest BCUT2D eigenvalue weighted by Crippen LogP contribution is -2.49. The van der Waals surface area contributed by atoms with Gasteiger partial charge in [0, 0.05) is 13.1 Å². The molecule has 5 heteroatoms. The monoisotopic (exact) mass is 500 g/mol. The number of unbranched alkanes of at least 4 members (excludes halogenated alkanes) is 12. The van der Waals surface area contributed by atoms with Crippen LogP contribution >= 0.6 is 0 Å². The van der Waals surface area contributed by atoms with E-state index in [4.69, 9.17) is 0 Å². The molecule has 0 bridgehead atoms. The van der Waals surface area contributed by atoms with Gasteiger partial charge in [-0.2, -0.15) is 0 Å². The first-order valence-electron chi connectivity index (χ1n) is 14.8. The predicted molar refractivity (Wildman–Crippen MR) is 154 cm³/mol. The van der Waals surface area contributed by atoms with Crippen molar-refractivity contribution in [2.45, 2.75) is 109 Å². The molecule has 0 heterocycles. The van der Waals surface area contributed by atoms with Crippen LogP contribution in [0, 0.1) is 0 Å². The van der Waals surface area contributed by atoms with Gasteiger partial charge >= 0.3 is 0 Å². The first-order valence-corrected chi connectivity index (χ1v) is 14.8. The van der Waals surface area contributed by atoms with Crippen LogP contribution in [0.4, 0.5) is 0 Å². The van der Waals surface area contributed by atoms with E-state index >= 15 is 0 Å². The Balaban J connectivity index is 4.01. The number of aliphatic hydroxyl groups excluding tert-OH is 2. The molecule has 5 nitrogen and oxygen atoms in total. The molecule has 210 valence electrons. The fourth-order valence-electron chi connectivity index (χ4n) is 4.82. The quantitative estimate of drug-likeness (QED) is 0.105. The molecule has 0 rings (SSSR count). The van der Waals surface area contributed by atoms with Crippen molar-refractivity contribution in [3.05, 3.63) is 12.2 Å². The Bertz CT molecular complexity index is 473. The summed E-state index contributed by atoms with van der Waals surface area (Å²) >= 11 is 0. The van der Waals surface area contributed by atoms with E-state index in [1.54, 1.807) is 0 Å². The maximum absolute atomic E-state index is 10.6. The normalized spacial score (nSPS) is 14.8. The Kier molecular flexibility index (Phi) is 20.3. The van der Waals surface area contributed by atoms with E-state index in [0.29, 0.717) is 13.1 Å². The van der Waals surface area contributed by atoms with Crippen molar-refractivity contribution in [2.75, 3.05) is 75.0 Å². The van der Waals surface area contributed by atoms with Gasteiger partial charge in [-0.25, -0.2) is 0 Å². The van der Waals surface area contributed by atoms with Crippen molar-refractivity contribution in [1.82, 2.24) is 4.90 Å². The summed E-state index contributed by atoms with van der Waals surface area (Å²) in [6.45, 7) is 6.00. The number of hydrogen-bond donors (Lipinski definition) is 2. The standard InChI is InChI=1S/C30H65N3O2/c1-8-9-10-11-12-13-14-15-16-17-18-19-20-21-22-23-24-31(25-29(34)27-32(2,3)4)26-30(35)28-33(5,6)7/h15-16,29-30,34-35H,8-14,17-28H2,1-7H3/q+2/b16-15+/t29-,30-/m0/s1. The Morgan fingerprint density at radius 2 is 0.943 bits per heavy atom. The van der Waals surface area contributed by atoms with Crippen molar-refractivity contribution in [3.63, 3.8) is 0 Å². The number of rotatable bonds is 24. The zero-order valence-electron chi connectivity index (χ0n) is 25.0. The minimum atomic E-state index is -0.361. The Labute approximate surface area is 220 Å².